The fraction of sp³-hybridized carbons (Fsp3) is 0.368. The number of ether oxygens (including phenoxy) is 1. The molecule has 0 amide bonds. The van der Waals surface area contributed by atoms with Gasteiger partial charge in [0.15, 0.2) is 0 Å². The van der Waals surface area contributed by atoms with Gasteiger partial charge in [-0.15, -0.1) is 0 Å². The molecule has 1 aromatic carbocycles. The molecule has 130 valence electrons. The van der Waals surface area contributed by atoms with Crippen LogP contribution in [0.3, 0.4) is 0 Å². The number of nitrogens with zero attached hydrogens (tertiary/aromatic N) is 4. The van der Waals surface area contributed by atoms with E-state index in [4.69, 9.17) is 4.74 Å². The number of benzene rings is 1. The molecule has 1 aliphatic rings. The summed E-state index contributed by atoms with van der Waals surface area (Å²) in [5.41, 5.74) is 2.22. The van der Waals surface area contributed by atoms with Crippen molar-refractivity contribution in [1.82, 2.24) is 20.1 Å². The first-order valence-electron chi connectivity index (χ1n) is 8.68. The Hall–Kier alpha value is -2.60. The Balaban J connectivity index is 1.46. The number of fused-ring (bicyclic) bond motifs is 1. The molecule has 25 heavy (non-hydrogen) atoms. The number of piperazine rings is 1. The first kappa shape index (κ1) is 15.9. The lowest BCUT2D eigenvalue weighted by Gasteiger charge is -2.32. The lowest BCUT2D eigenvalue weighted by atomic mass is 10.2. The molecule has 2 aromatic heterocycles. The van der Waals surface area contributed by atoms with Gasteiger partial charge in [0, 0.05) is 44.2 Å². The van der Waals surface area contributed by atoms with Crippen LogP contribution in [0.4, 0.5) is 5.82 Å². The Bertz CT molecular complexity index is 875. The normalized spacial score (nSPS) is 17.8. The van der Waals surface area contributed by atoms with Crippen LogP contribution in [-0.4, -0.2) is 40.4 Å². The largest absolute Gasteiger partial charge is 0.473 e. The van der Waals surface area contributed by atoms with Gasteiger partial charge in [-0.05, 0) is 24.6 Å². The Morgan fingerprint density at radius 3 is 3.08 bits per heavy atom. The maximum Gasteiger partial charge on any atom is 0.215 e. The van der Waals surface area contributed by atoms with Gasteiger partial charge in [0.05, 0.1) is 11.7 Å². The first-order chi connectivity index (χ1) is 12.2. The van der Waals surface area contributed by atoms with Crippen LogP contribution in [0.2, 0.25) is 0 Å². The highest BCUT2D eigenvalue weighted by atomic mass is 16.5. The third-order valence-corrected chi connectivity index (χ3v) is 4.60. The van der Waals surface area contributed by atoms with Crippen molar-refractivity contribution in [3.05, 3.63) is 48.2 Å². The second kappa shape index (κ2) is 6.72. The van der Waals surface area contributed by atoms with Gasteiger partial charge in [-0.1, -0.05) is 18.2 Å². The molecule has 6 heteroatoms. The van der Waals surface area contributed by atoms with Gasteiger partial charge in [0.25, 0.3) is 0 Å². The van der Waals surface area contributed by atoms with Crippen molar-refractivity contribution in [2.24, 2.45) is 7.05 Å². The highest BCUT2D eigenvalue weighted by Gasteiger charge is 2.17. The second-order valence-electron chi connectivity index (χ2n) is 6.59. The van der Waals surface area contributed by atoms with Crippen molar-refractivity contribution in [1.29, 1.82) is 0 Å². The summed E-state index contributed by atoms with van der Waals surface area (Å²) in [7, 11) is 1.95. The quantitative estimate of drug-likeness (QED) is 0.792. The van der Waals surface area contributed by atoms with Gasteiger partial charge in [-0.25, -0.2) is 0 Å². The van der Waals surface area contributed by atoms with E-state index in [1.54, 1.807) is 0 Å². The van der Waals surface area contributed by atoms with E-state index in [1.807, 2.05) is 36.1 Å². The number of aryl methyl sites for hydroxylation is 1. The van der Waals surface area contributed by atoms with Gasteiger partial charge in [-0.3, -0.25) is 4.68 Å². The Morgan fingerprint density at radius 2 is 2.20 bits per heavy atom. The third-order valence-electron chi connectivity index (χ3n) is 4.60. The van der Waals surface area contributed by atoms with Crippen LogP contribution in [-0.2, 0) is 13.7 Å². The minimum Gasteiger partial charge on any atom is -0.473 e. The van der Waals surface area contributed by atoms with E-state index in [9.17, 15) is 0 Å². The van der Waals surface area contributed by atoms with Crippen molar-refractivity contribution in [2.45, 2.75) is 19.6 Å². The predicted octanol–water partition coefficient (Wildman–Crippen LogP) is 2.35. The summed E-state index contributed by atoms with van der Waals surface area (Å²) in [5, 5.41) is 8.87. The standard InChI is InChI=1S/C19H23N5O/c1-14-12-24(9-8-20-14)18-4-3-5-19(22-18)25-13-15-6-7-16-11-21-23(2)17(16)10-15/h3-7,10-11,14,20H,8-9,12-13H2,1-2H3. The number of rotatable bonds is 4. The van der Waals surface area contributed by atoms with Crippen LogP contribution < -0.4 is 15.0 Å². The molecule has 0 spiro atoms. The fourth-order valence-electron chi connectivity index (χ4n) is 3.24. The average Bonchev–Trinajstić information content (AvgIpc) is 3.01. The minimum absolute atomic E-state index is 0.478. The summed E-state index contributed by atoms with van der Waals surface area (Å²) in [6, 6.07) is 12.7. The van der Waals surface area contributed by atoms with E-state index in [2.05, 4.69) is 45.4 Å². The number of pyridine rings is 1. The zero-order valence-corrected chi connectivity index (χ0v) is 14.6. The van der Waals surface area contributed by atoms with E-state index in [0.717, 1.165) is 41.9 Å². The van der Waals surface area contributed by atoms with Gasteiger partial charge >= 0.3 is 0 Å². The Labute approximate surface area is 147 Å². The van der Waals surface area contributed by atoms with Crippen LogP contribution in [0.5, 0.6) is 5.88 Å². The Kier molecular flexibility index (Phi) is 4.28. The maximum atomic E-state index is 5.93. The van der Waals surface area contributed by atoms with Crippen LogP contribution >= 0.6 is 0 Å². The summed E-state index contributed by atoms with van der Waals surface area (Å²) in [4.78, 5) is 6.98. The molecule has 1 N–H and O–H groups in total. The molecule has 0 bridgehead atoms. The van der Waals surface area contributed by atoms with Gasteiger partial charge in [0.2, 0.25) is 5.88 Å². The maximum absolute atomic E-state index is 5.93. The zero-order chi connectivity index (χ0) is 17.2. The second-order valence-corrected chi connectivity index (χ2v) is 6.59. The topological polar surface area (TPSA) is 55.2 Å². The SMILES string of the molecule is CC1CN(c2cccc(OCc3ccc4cnn(C)c4c3)n2)CCN1. The predicted molar refractivity (Wildman–Crippen MR) is 99.0 cm³/mol. The molecule has 0 radical (unpaired) electrons. The van der Waals surface area contributed by atoms with Crippen LogP contribution in [0.15, 0.2) is 42.6 Å². The molecule has 3 aromatic rings. The molecule has 1 atom stereocenters. The third kappa shape index (κ3) is 3.44. The molecule has 0 saturated carbocycles. The van der Waals surface area contributed by atoms with E-state index in [1.165, 1.54) is 0 Å². The minimum atomic E-state index is 0.478. The summed E-state index contributed by atoms with van der Waals surface area (Å²) in [6.07, 6.45) is 1.87. The Morgan fingerprint density at radius 1 is 1.28 bits per heavy atom. The van der Waals surface area contributed by atoms with Crippen molar-refractivity contribution in [2.75, 3.05) is 24.5 Å². The molecule has 1 unspecified atom stereocenters. The first-order valence-corrected chi connectivity index (χ1v) is 8.68. The molecule has 1 aliphatic heterocycles. The van der Waals surface area contributed by atoms with Crippen LogP contribution in [0.1, 0.15) is 12.5 Å². The van der Waals surface area contributed by atoms with Gasteiger partial charge in [-0.2, -0.15) is 10.1 Å². The van der Waals surface area contributed by atoms with E-state index in [0.29, 0.717) is 18.5 Å². The van der Waals surface area contributed by atoms with E-state index < -0.39 is 0 Å². The summed E-state index contributed by atoms with van der Waals surface area (Å²) in [5.74, 6) is 1.64. The fourth-order valence-corrected chi connectivity index (χ4v) is 3.24. The van der Waals surface area contributed by atoms with Crippen molar-refractivity contribution in [3.8, 4) is 5.88 Å². The molecule has 0 aliphatic carbocycles. The molecule has 4 rings (SSSR count). The van der Waals surface area contributed by atoms with Crippen molar-refractivity contribution >= 4 is 16.7 Å². The summed E-state index contributed by atoms with van der Waals surface area (Å²) in [6.45, 7) is 5.61. The number of hydrogen-bond donors (Lipinski definition) is 1. The number of anilines is 1. The van der Waals surface area contributed by atoms with Gasteiger partial charge in [0.1, 0.15) is 12.4 Å². The van der Waals surface area contributed by atoms with Crippen molar-refractivity contribution < 1.29 is 4.74 Å². The van der Waals surface area contributed by atoms with Crippen LogP contribution in [0, 0.1) is 0 Å². The zero-order valence-electron chi connectivity index (χ0n) is 14.6. The number of nitrogens with one attached hydrogen (secondary N) is 1. The van der Waals surface area contributed by atoms with Crippen molar-refractivity contribution in [3.63, 3.8) is 0 Å². The van der Waals surface area contributed by atoms with E-state index in [-0.39, 0.29) is 0 Å². The number of aromatic nitrogens is 3. The molecule has 1 saturated heterocycles. The highest BCUT2D eigenvalue weighted by Crippen LogP contribution is 2.20. The van der Waals surface area contributed by atoms with Gasteiger partial charge < -0.3 is 15.0 Å². The molecule has 1 fully saturated rings. The van der Waals surface area contributed by atoms with E-state index >= 15 is 0 Å². The highest BCUT2D eigenvalue weighted by molar-refractivity contribution is 5.79. The molecular weight excluding hydrogens is 314 g/mol. The molecular formula is C19H23N5O. The summed E-state index contributed by atoms with van der Waals surface area (Å²) < 4.78 is 7.81. The van der Waals surface area contributed by atoms with Crippen LogP contribution in [0.25, 0.3) is 10.9 Å². The summed E-state index contributed by atoms with van der Waals surface area (Å²) >= 11 is 0. The molecule has 6 nitrogen and oxygen atoms in total. The monoisotopic (exact) mass is 337 g/mol. The smallest absolute Gasteiger partial charge is 0.215 e. The lowest BCUT2D eigenvalue weighted by molar-refractivity contribution is 0.294. The average molecular weight is 337 g/mol. The number of hydrogen-bond acceptors (Lipinski definition) is 5. The lowest BCUT2D eigenvalue weighted by Crippen LogP contribution is -2.49. The molecule has 3 heterocycles.